The fourth-order valence-corrected chi connectivity index (χ4v) is 4.79. The maximum absolute atomic E-state index is 11.1. The lowest BCUT2D eigenvalue weighted by Gasteiger charge is -2.15. The summed E-state index contributed by atoms with van der Waals surface area (Å²) in [6.45, 7) is 4.34. The zero-order chi connectivity index (χ0) is 23.1. The Morgan fingerprint density at radius 2 is 1.47 bits per heavy atom. The van der Waals surface area contributed by atoms with E-state index >= 15 is 0 Å². The van der Waals surface area contributed by atoms with Crippen LogP contribution in [0, 0.1) is 13.8 Å². The van der Waals surface area contributed by atoms with Gasteiger partial charge < -0.3 is 9.47 Å². The van der Waals surface area contributed by atoms with Gasteiger partial charge in [0.25, 0.3) is 0 Å². The molecule has 0 bridgehead atoms. The molecule has 0 aliphatic carbocycles. The molecule has 168 valence electrons. The van der Waals surface area contributed by atoms with Gasteiger partial charge in [0.15, 0.2) is 5.12 Å². The van der Waals surface area contributed by atoms with Crippen molar-refractivity contribution in [1.82, 2.24) is 0 Å². The van der Waals surface area contributed by atoms with Crippen molar-refractivity contribution in [3.63, 3.8) is 0 Å². The van der Waals surface area contributed by atoms with Crippen molar-refractivity contribution in [3.05, 3.63) is 64.1 Å². The fraction of sp³-hybridized carbons (Fsp3) is 0.320. The first-order chi connectivity index (χ1) is 15.4. The van der Waals surface area contributed by atoms with Gasteiger partial charge in [-0.3, -0.25) is 14.6 Å². The molecule has 0 N–H and O–H groups in total. The molecule has 0 unspecified atom stereocenters. The molecule has 2 aromatic rings. The van der Waals surface area contributed by atoms with Crippen LogP contribution in [-0.4, -0.2) is 42.5 Å². The lowest BCUT2D eigenvalue weighted by atomic mass is 10.0. The van der Waals surface area contributed by atoms with E-state index in [1.807, 2.05) is 43.5 Å². The van der Waals surface area contributed by atoms with Crippen LogP contribution >= 0.6 is 23.5 Å². The van der Waals surface area contributed by atoms with Gasteiger partial charge in [-0.05, 0) is 60.6 Å². The molecule has 0 atom stereocenters. The molecule has 7 heteroatoms. The first-order valence-electron chi connectivity index (χ1n) is 10.3. The van der Waals surface area contributed by atoms with Crippen LogP contribution in [0.5, 0.6) is 11.5 Å². The van der Waals surface area contributed by atoms with E-state index in [0.717, 1.165) is 40.3 Å². The summed E-state index contributed by atoms with van der Waals surface area (Å²) < 4.78 is 10.7. The first-order valence-corrected chi connectivity index (χ1v) is 12.1. The van der Waals surface area contributed by atoms with Crippen LogP contribution in [0.4, 0.5) is 0 Å². The minimum atomic E-state index is 0.134. The number of carbonyl (C=O) groups is 2. The summed E-state index contributed by atoms with van der Waals surface area (Å²) in [5.74, 6) is 2.35. The monoisotopic (exact) mass is 469 g/mol. The average Bonchev–Trinajstić information content (AvgIpc) is 2.80. The topological polar surface area (TPSA) is 65.0 Å². The van der Waals surface area contributed by atoms with Crippen molar-refractivity contribution in [2.75, 3.05) is 26.5 Å². The predicted molar refractivity (Wildman–Crippen MR) is 134 cm³/mol. The summed E-state index contributed by atoms with van der Waals surface area (Å²) in [5, 5.41) is 2.32. The van der Waals surface area contributed by atoms with Crippen molar-refractivity contribution in [3.8, 4) is 11.5 Å². The molecule has 32 heavy (non-hydrogen) atoms. The van der Waals surface area contributed by atoms with E-state index in [-0.39, 0.29) is 16.8 Å². The number of ether oxygens (including phenoxy) is 2. The Morgan fingerprint density at radius 1 is 0.844 bits per heavy atom. The number of thioether (sulfide) groups is 2. The van der Waals surface area contributed by atoms with Crippen LogP contribution in [0.2, 0.25) is 0 Å². The number of hydrogen-bond donors (Lipinski definition) is 0. The van der Waals surface area contributed by atoms with Crippen LogP contribution in [0.25, 0.3) is 5.57 Å². The van der Waals surface area contributed by atoms with Gasteiger partial charge in [0.2, 0.25) is 5.12 Å². The Kier molecular flexibility index (Phi) is 8.59. The third-order valence-electron chi connectivity index (χ3n) is 5.07. The Bertz CT molecular complexity index is 990. The second-order valence-electron chi connectivity index (χ2n) is 7.46. The molecule has 0 saturated heterocycles. The van der Waals surface area contributed by atoms with Crippen LogP contribution < -0.4 is 9.47 Å². The smallest absolute Gasteiger partial charge is 0.210 e. The summed E-state index contributed by atoms with van der Waals surface area (Å²) in [7, 11) is 3.33. The van der Waals surface area contributed by atoms with Crippen molar-refractivity contribution in [1.29, 1.82) is 0 Å². The summed E-state index contributed by atoms with van der Waals surface area (Å²) in [6, 6.07) is 12.2. The van der Waals surface area contributed by atoms with Gasteiger partial charge in [0, 0.05) is 23.3 Å². The number of aliphatic imine (C=N–C) groups is 1. The number of hydrogen-bond acceptors (Lipinski definition) is 7. The summed E-state index contributed by atoms with van der Waals surface area (Å²) in [4.78, 5) is 26.5. The molecule has 2 aliphatic heterocycles. The zero-order valence-corrected chi connectivity index (χ0v) is 20.4. The molecule has 5 nitrogen and oxygen atoms in total. The number of benzene rings is 2. The molecule has 4 rings (SSSR count). The second-order valence-corrected chi connectivity index (χ2v) is 9.42. The normalized spacial score (nSPS) is 15.9. The number of nitrogens with zero attached hydrogens (tertiary/aromatic N) is 1. The molecule has 0 radical (unpaired) electrons. The molecular formula is C25H27NO4S2. The molecular weight excluding hydrogens is 442 g/mol. The Morgan fingerprint density at radius 3 is 2.00 bits per heavy atom. The van der Waals surface area contributed by atoms with Crippen LogP contribution in [0.1, 0.15) is 35.1 Å². The molecule has 0 saturated carbocycles. The number of aryl methyl sites for hydroxylation is 2. The minimum Gasteiger partial charge on any atom is -0.496 e. The number of rotatable bonds is 4. The SMILES string of the molecule is COc1cc(C)ccc1C1=CSC(=O)CC1.COc1cc(C)ccc1C1=NCC(=O)SC1. The van der Waals surface area contributed by atoms with Crippen molar-refractivity contribution in [2.45, 2.75) is 26.7 Å². The lowest BCUT2D eigenvalue weighted by Crippen LogP contribution is -2.16. The molecule has 2 heterocycles. The minimum absolute atomic E-state index is 0.134. The lowest BCUT2D eigenvalue weighted by molar-refractivity contribution is -0.111. The maximum atomic E-state index is 11.1. The van der Waals surface area contributed by atoms with Gasteiger partial charge in [-0.25, -0.2) is 0 Å². The highest BCUT2D eigenvalue weighted by atomic mass is 32.2. The fourth-order valence-electron chi connectivity index (χ4n) is 3.35. The average molecular weight is 470 g/mol. The van der Waals surface area contributed by atoms with E-state index in [0.29, 0.717) is 12.2 Å². The number of carbonyl (C=O) groups excluding carboxylic acids is 2. The van der Waals surface area contributed by atoms with Gasteiger partial charge in [0.05, 0.1) is 19.9 Å². The molecule has 0 fully saturated rings. The summed E-state index contributed by atoms with van der Waals surface area (Å²) >= 11 is 2.61. The van der Waals surface area contributed by atoms with E-state index in [1.54, 1.807) is 14.2 Å². The third-order valence-corrected chi connectivity index (χ3v) is 6.81. The summed E-state index contributed by atoms with van der Waals surface area (Å²) in [6.07, 6.45) is 1.43. The third kappa shape index (κ3) is 6.26. The maximum Gasteiger partial charge on any atom is 0.210 e. The number of methoxy groups -OCH3 is 2. The van der Waals surface area contributed by atoms with Crippen molar-refractivity contribution < 1.29 is 19.1 Å². The Labute approximate surface area is 197 Å². The second kappa shape index (κ2) is 11.4. The molecule has 0 aromatic heterocycles. The highest BCUT2D eigenvalue weighted by Crippen LogP contribution is 2.35. The predicted octanol–water partition coefficient (Wildman–Crippen LogP) is 5.46. The van der Waals surface area contributed by atoms with Crippen molar-refractivity contribution in [2.24, 2.45) is 4.99 Å². The largest absolute Gasteiger partial charge is 0.496 e. The highest BCUT2D eigenvalue weighted by Gasteiger charge is 2.17. The van der Waals surface area contributed by atoms with E-state index in [2.05, 4.69) is 17.1 Å². The molecule has 2 aromatic carbocycles. The van der Waals surface area contributed by atoms with E-state index in [1.165, 1.54) is 34.7 Å². The van der Waals surface area contributed by atoms with E-state index < -0.39 is 0 Å². The molecule has 2 aliphatic rings. The highest BCUT2D eigenvalue weighted by molar-refractivity contribution is 8.16. The van der Waals surface area contributed by atoms with E-state index in [9.17, 15) is 9.59 Å². The summed E-state index contributed by atoms with van der Waals surface area (Å²) in [5.41, 5.74) is 6.57. The Hall–Kier alpha value is -2.51. The zero-order valence-electron chi connectivity index (χ0n) is 18.8. The van der Waals surface area contributed by atoms with Gasteiger partial charge in [0.1, 0.15) is 18.0 Å². The van der Waals surface area contributed by atoms with Gasteiger partial charge in [-0.2, -0.15) is 0 Å². The van der Waals surface area contributed by atoms with Crippen LogP contribution in [0.15, 0.2) is 46.8 Å². The van der Waals surface area contributed by atoms with Crippen LogP contribution in [0.3, 0.4) is 0 Å². The first kappa shape index (κ1) is 24.1. The van der Waals surface area contributed by atoms with Crippen LogP contribution in [-0.2, 0) is 9.59 Å². The molecule has 0 amide bonds. The number of allylic oxidation sites excluding steroid dienone is 1. The Balaban J connectivity index is 0.000000181. The quantitative estimate of drug-likeness (QED) is 0.592. The van der Waals surface area contributed by atoms with Gasteiger partial charge >= 0.3 is 0 Å². The van der Waals surface area contributed by atoms with Gasteiger partial charge in [-0.1, -0.05) is 41.7 Å². The van der Waals surface area contributed by atoms with Gasteiger partial charge in [-0.15, -0.1) is 0 Å². The van der Waals surface area contributed by atoms with E-state index in [4.69, 9.17) is 9.47 Å². The van der Waals surface area contributed by atoms with Crippen molar-refractivity contribution >= 4 is 45.0 Å². The standard InChI is InChI=1S/C13H14O2S.C12H13NO2S/c1-9-3-5-11(12(7-9)15-2)10-4-6-13(14)16-8-10;1-8-3-4-9(11(5-8)15-2)10-7-16-12(14)6-13-10/h3,5,7-8H,4,6H2,1-2H3;3-5H,6-7H2,1-2H3. The molecule has 0 spiro atoms.